The summed E-state index contributed by atoms with van der Waals surface area (Å²) in [5, 5.41) is 17.9. The van der Waals surface area contributed by atoms with Gasteiger partial charge in [0.15, 0.2) is 5.82 Å². The summed E-state index contributed by atoms with van der Waals surface area (Å²) in [6.07, 6.45) is 0.0684. The minimum absolute atomic E-state index is 0.00712. The number of fused-ring (bicyclic) bond motifs is 1. The second kappa shape index (κ2) is 12.9. The number of hydrogen-bond acceptors (Lipinski definition) is 7. The van der Waals surface area contributed by atoms with Crippen LogP contribution in [0.25, 0.3) is 22.0 Å². The van der Waals surface area contributed by atoms with Crippen LogP contribution in [0.2, 0.25) is 5.02 Å². The van der Waals surface area contributed by atoms with E-state index >= 15 is 0 Å². The van der Waals surface area contributed by atoms with Crippen molar-refractivity contribution in [1.29, 1.82) is 0 Å². The Bertz CT molecular complexity index is 1970. The maximum absolute atomic E-state index is 14.3. The van der Waals surface area contributed by atoms with Crippen molar-refractivity contribution in [3.8, 4) is 23.0 Å². The van der Waals surface area contributed by atoms with Gasteiger partial charge in [-0.2, -0.15) is 5.10 Å². The van der Waals surface area contributed by atoms with Crippen molar-refractivity contribution in [2.75, 3.05) is 11.0 Å². The lowest BCUT2D eigenvalue weighted by Crippen LogP contribution is -2.36. The first kappa shape index (κ1) is 34.6. The van der Waals surface area contributed by atoms with Gasteiger partial charge in [-0.25, -0.2) is 27.0 Å². The van der Waals surface area contributed by atoms with Crippen LogP contribution in [-0.2, 0) is 28.2 Å². The maximum atomic E-state index is 14.3. The summed E-state index contributed by atoms with van der Waals surface area (Å²) in [5.74, 6) is 3.94. The molecule has 0 bridgehead atoms. The molecule has 0 aliphatic heterocycles. The van der Waals surface area contributed by atoms with Crippen LogP contribution in [0.4, 0.5) is 19.4 Å². The minimum Gasteiger partial charge on any atom is -0.444 e. The molecule has 0 saturated carbocycles. The lowest BCUT2D eigenvalue weighted by molar-refractivity contribution is 0.0502. The molecular formula is C32H34ClF2N5O5S. The zero-order valence-electron chi connectivity index (χ0n) is 26.3. The first-order valence-corrected chi connectivity index (χ1v) is 16.3. The van der Waals surface area contributed by atoms with Gasteiger partial charge in [0.2, 0.25) is 10.0 Å². The van der Waals surface area contributed by atoms with Crippen molar-refractivity contribution in [2.45, 2.75) is 58.3 Å². The number of ether oxygens (including phenoxy) is 1. The monoisotopic (exact) mass is 673 g/mol. The fraction of sp³-hybridized carbons (Fsp3) is 0.344. The van der Waals surface area contributed by atoms with Gasteiger partial charge in [0.25, 0.3) is 0 Å². The molecule has 0 fully saturated rings. The molecule has 0 spiro atoms. The lowest BCUT2D eigenvalue weighted by atomic mass is 9.94. The molecule has 0 radical (unpaired) electrons. The molecule has 0 unspecified atom stereocenters. The molecule has 1 atom stereocenters. The van der Waals surface area contributed by atoms with Crippen molar-refractivity contribution >= 4 is 44.4 Å². The number of benzene rings is 2. The summed E-state index contributed by atoms with van der Waals surface area (Å²) < 4.78 is 62.1. The Morgan fingerprint density at radius 1 is 1.09 bits per heavy atom. The van der Waals surface area contributed by atoms with Crippen molar-refractivity contribution in [1.82, 2.24) is 20.1 Å². The fourth-order valence-corrected chi connectivity index (χ4v) is 5.46. The Kier molecular flexibility index (Phi) is 9.68. The van der Waals surface area contributed by atoms with Gasteiger partial charge >= 0.3 is 6.09 Å². The smallest absolute Gasteiger partial charge is 0.408 e. The molecule has 0 aliphatic carbocycles. The second-order valence-electron chi connectivity index (χ2n) is 12.3. The molecule has 0 aliphatic rings. The van der Waals surface area contributed by atoms with Gasteiger partial charge in [-0.05, 0) is 82.9 Å². The first-order chi connectivity index (χ1) is 21.2. The molecular weight excluding hydrogens is 640 g/mol. The number of hydrogen-bond donors (Lipinski definition) is 3. The highest BCUT2D eigenvalue weighted by Gasteiger charge is 2.27. The molecule has 14 heteroatoms. The van der Waals surface area contributed by atoms with E-state index in [1.54, 1.807) is 52.1 Å². The van der Waals surface area contributed by atoms with Gasteiger partial charge in [-0.15, -0.1) is 0 Å². The third kappa shape index (κ3) is 8.93. The number of amides is 1. The molecule has 1 amide bonds. The molecule has 0 saturated heterocycles. The van der Waals surface area contributed by atoms with Crippen LogP contribution in [0.15, 0.2) is 42.5 Å². The number of aromatic nitrogens is 3. The van der Waals surface area contributed by atoms with E-state index in [1.807, 2.05) is 0 Å². The highest BCUT2D eigenvalue weighted by molar-refractivity contribution is 7.92. The predicted molar refractivity (Wildman–Crippen MR) is 173 cm³/mol. The fourth-order valence-electron chi connectivity index (χ4n) is 4.73. The minimum atomic E-state index is -3.72. The van der Waals surface area contributed by atoms with E-state index in [2.05, 4.69) is 27.0 Å². The van der Waals surface area contributed by atoms with E-state index in [9.17, 15) is 27.1 Å². The third-order valence-corrected chi connectivity index (χ3v) is 7.19. The molecule has 46 heavy (non-hydrogen) atoms. The van der Waals surface area contributed by atoms with Crippen molar-refractivity contribution < 1.29 is 31.8 Å². The van der Waals surface area contributed by atoms with Crippen LogP contribution in [0.1, 0.15) is 57.6 Å². The quantitative estimate of drug-likeness (QED) is 0.209. The number of nitrogens with zero attached hydrogens (tertiary/aromatic N) is 3. The van der Waals surface area contributed by atoms with E-state index in [4.69, 9.17) is 21.3 Å². The number of alkyl carbamates (subject to hydrolysis) is 1. The van der Waals surface area contributed by atoms with Gasteiger partial charge < -0.3 is 15.2 Å². The molecule has 244 valence electrons. The van der Waals surface area contributed by atoms with Crippen LogP contribution < -0.4 is 10.0 Å². The number of anilines is 1. The summed E-state index contributed by atoms with van der Waals surface area (Å²) in [5.41, 5.74) is -0.128. The van der Waals surface area contributed by atoms with Gasteiger partial charge in [0.1, 0.15) is 28.5 Å². The molecule has 4 rings (SSSR count). The van der Waals surface area contributed by atoms with Crippen LogP contribution in [0, 0.1) is 23.5 Å². The number of carbonyl (C=O) groups is 1. The Labute approximate surface area is 271 Å². The van der Waals surface area contributed by atoms with Crippen LogP contribution in [-0.4, -0.2) is 51.8 Å². The Morgan fingerprint density at radius 3 is 2.30 bits per heavy atom. The molecule has 4 aromatic rings. The molecule has 2 aromatic carbocycles. The largest absolute Gasteiger partial charge is 0.444 e. The Balaban J connectivity index is 2.01. The summed E-state index contributed by atoms with van der Waals surface area (Å²) in [4.78, 5) is 17.9. The van der Waals surface area contributed by atoms with Crippen molar-refractivity contribution in [3.05, 3.63) is 76.1 Å². The van der Waals surface area contributed by atoms with Crippen LogP contribution >= 0.6 is 11.6 Å². The Morgan fingerprint density at radius 2 is 1.72 bits per heavy atom. The number of halogens is 3. The average molecular weight is 674 g/mol. The normalized spacial score (nSPS) is 12.8. The topological polar surface area (TPSA) is 135 Å². The SMILES string of the molecule is Cn1nc(NS(C)(=O)=O)c2c(Cl)ccc(-c3ccc(C#CC(C)(C)O)nc3[C@H](Cc3cc(F)cc(F)c3)NC(=O)OC(C)(C)C)c21. The standard InChI is InChI=1S/C32H34ClF2N5O5S/c1-31(2,3)45-30(41)37-25(16-18-14-19(34)17-20(35)15-18)27-22(9-8-21(36-27)12-13-32(4,5)42)23-10-11-24(33)26-28(23)40(6)38-29(26)39-46(7,43)44/h8-11,14-15,17,25,42H,16H2,1-7H3,(H,37,41)(H,38,39)/t25-/m0/s1. The van der Waals surface area contributed by atoms with E-state index in [0.29, 0.717) is 22.0 Å². The molecule has 2 heterocycles. The summed E-state index contributed by atoms with van der Waals surface area (Å²) in [6.45, 7) is 8.09. The number of pyridine rings is 1. The van der Waals surface area contributed by atoms with Gasteiger partial charge in [-0.3, -0.25) is 9.40 Å². The van der Waals surface area contributed by atoms with E-state index < -0.39 is 45.0 Å². The van der Waals surface area contributed by atoms with Crippen LogP contribution in [0.3, 0.4) is 0 Å². The van der Waals surface area contributed by atoms with Crippen LogP contribution in [0.5, 0.6) is 0 Å². The number of aliphatic hydroxyl groups is 1. The Hall–Kier alpha value is -4.25. The number of carbonyl (C=O) groups excluding carboxylic acids is 1. The maximum Gasteiger partial charge on any atom is 0.408 e. The highest BCUT2D eigenvalue weighted by atomic mass is 35.5. The number of rotatable bonds is 7. The number of nitrogens with one attached hydrogen (secondary N) is 2. The zero-order valence-corrected chi connectivity index (χ0v) is 27.9. The highest BCUT2D eigenvalue weighted by Crippen LogP contribution is 2.40. The van der Waals surface area contributed by atoms with Gasteiger partial charge in [0, 0.05) is 24.2 Å². The number of aryl methyl sites for hydroxylation is 1. The second-order valence-corrected chi connectivity index (χ2v) is 14.4. The summed E-state index contributed by atoms with van der Waals surface area (Å²) >= 11 is 6.55. The first-order valence-electron chi connectivity index (χ1n) is 14.0. The lowest BCUT2D eigenvalue weighted by Gasteiger charge is -2.25. The average Bonchev–Trinajstić information content (AvgIpc) is 3.20. The predicted octanol–water partition coefficient (Wildman–Crippen LogP) is 5.87. The summed E-state index contributed by atoms with van der Waals surface area (Å²) in [7, 11) is -2.11. The van der Waals surface area contributed by atoms with Gasteiger partial charge in [0.05, 0.1) is 33.9 Å². The number of sulfonamides is 1. The zero-order chi connectivity index (χ0) is 34.2. The van der Waals surface area contributed by atoms with Gasteiger partial charge in [-0.1, -0.05) is 23.6 Å². The molecule has 3 N–H and O–H groups in total. The van der Waals surface area contributed by atoms with E-state index in [1.165, 1.54) is 18.5 Å². The van der Waals surface area contributed by atoms with Crippen molar-refractivity contribution in [2.24, 2.45) is 7.05 Å². The molecule has 2 aromatic heterocycles. The van der Waals surface area contributed by atoms with E-state index in [-0.39, 0.29) is 34.2 Å². The van der Waals surface area contributed by atoms with Crippen molar-refractivity contribution in [3.63, 3.8) is 0 Å². The van der Waals surface area contributed by atoms with E-state index in [0.717, 1.165) is 24.5 Å². The molecule has 10 nitrogen and oxygen atoms in total. The summed E-state index contributed by atoms with van der Waals surface area (Å²) in [6, 6.07) is 8.56. The third-order valence-electron chi connectivity index (χ3n) is 6.31.